The highest BCUT2D eigenvalue weighted by Crippen LogP contribution is 2.43. The Balaban J connectivity index is 1.69. The van der Waals surface area contributed by atoms with E-state index in [0.717, 1.165) is 11.1 Å². The van der Waals surface area contributed by atoms with Crippen molar-refractivity contribution in [2.24, 2.45) is 0 Å². The second-order valence-corrected chi connectivity index (χ2v) is 8.61. The van der Waals surface area contributed by atoms with Crippen molar-refractivity contribution in [2.75, 3.05) is 0 Å². The van der Waals surface area contributed by atoms with E-state index in [2.05, 4.69) is 0 Å². The lowest BCUT2D eigenvalue weighted by atomic mass is 9.91. The lowest BCUT2D eigenvalue weighted by molar-refractivity contribution is -0.145. The monoisotopic (exact) mass is 469 g/mol. The van der Waals surface area contributed by atoms with Crippen LogP contribution < -0.4 is 0 Å². The SMILES string of the molecule is CC1(Cc2ccccc2)C(=O)OC(c2ccc(Cl)cc2Cl)N1C(=O)OCc1ccccc1. The minimum Gasteiger partial charge on any atom is -0.444 e. The molecule has 2 atom stereocenters. The van der Waals surface area contributed by atoms with Gasteiger partial charge in [0.1, 0.15) is 12.1 Å². The number of esters is 1. The summed E-state index contributed by atoms with van der Waals surface area (Å²) in [6.07, 6.45) is -1.45. The number of halogens is 2. The molecule has 3 aromatic rings. The van der Waals surface area contributed by atoms with Crippen LogP contribution in [0.15, 0.2) is 78.9 Å². The van der Waals surface area contributed by atoms with Crippen LogP contribution in [-0.4, -0.2) is 22.5 Å². The van der Waals surface area contributed by atoms with Crippen molar-refractivity contribution in [2.45, 2.75) is 31.7 Å². The molecule has 7 heteroatoms. The summed E-state index contributed by atoms with van der Waals surface area (Å²) >= 11 is 12.4. The predicted molar refractivity (Wildman–Crippen MR) is 122 cm³/mol. The molecule has 0 spiro atoms. The molecular weight excluding hydrogens is 449 g/mol. The summed E-state index contributed by atoms with van der Waals surface area (Å²) in [5.41, 5.74) is 0.884. The van der Waals surface area contributed by atoms with Gasteiger partial charge < -0.3 is 9.47 Å². The number of rotatable bonds is 5. The van der Waals surface area contributed by atoms with Crippen LogP contribution in [0.3, 0.4) is 0 Å². The molecule has 1 fully saturated rings. The quantitative estimate of drug-likeness (QED) is 0.418. The number of ether oxygens (including phenoxy) is 2. The topological polar surface area (TPSA) is 55.8 Å². The Morgan fingerprint density at radius 3 is 2.25 bits per heavy atom. The van der Waals surface area contributed by atoms with Crippen molar-refractivity contribution in [3.8, 4) is 0 Å². The number of amides is 1. The third kappa shape index (κ3) is 4.45. The molecule has 1 aliphatic rings. The molecule has 3 aromatic carbocycles. The maximum atomic E-state index is 13.3. The third-order valence-corrected chi connectivity index (χ3v) is 6.01. The van der Waals surface area contributed by atoms with Gasteiger partial charge in [0.2, 0.25) is 6.23 Å². The van der Waals surface area contributed by atoms with Crippen molar-refractivity contribution >= 4 is 35.3 Å². The third-order valence-electron chi connectivity index (χ3n) is 5.45. The molecule has 0 N–H and O–H groups in total. The fraction of sp³-hybridized carbons (Fsp3) is 0.200. The van der Waals surface area contributed by atoms with E-state index in [1.165, 1.54) is 4.90 Å². The Hall–Kier alpha value is -3.02. The Morgan fingerprint density at radius 1 is 1.00 bits per heavy atom. The van der Waals surface area contributed by atoms with Gasteiger partial charge in [0, 0.05) is 17.0 Å². The highest BCUT2D eigenvalue weighted by atomic mass is 35.5. The van der Waals surface area contributed by atoms with Crippen molar-refractivity contribution < 1.29 is 19.1 Å². The number of hydrogen-bond acceptors (Lipinski definition) is 4. The molecule has 0 saturated carbocycles. The minimum atomic E-state index is -1.29. The van der Waals surface area contributed by atoms with Gasteiger partial charge in [-0.25, -0.2) is 9.59 Å². The normalized spacial score (nSPS) is 20.2. The standard InChI is InChI=1S/C25H21Cl2NO4/c1-25(15-17-8-4-2-5-9-17)23(29)32-22(20-13-12-19(26)14-21(20)27)28(25)24(30)31-16-18-10-6-3-7-11-18/h2-14,22H,15-16H2,1H3. The van der Waals surface area contributed by atoms with Gasteiger partial charge in [-0.15, -0.1) is 0 Å². The number of cyclic esters (lactones) is 1. The van der Waals surface area contributed by atoms with E-state index in [1.807, 2.05) is 60.7 Å². The summed E-state index contributed by atoms with van der Waals surface area (Å²) < 4.78 is 11.3. The first kappa shape index (κ1) is 22.2. The molecule has 1 heterocycles. The summed E-state index contributed by atoms with van der Waals surface area (Å²) in [6.45, 7) is 1.74. The number of benzene rings is 3. The predicted octanol–water partition coefficient (Wildman–Crippen LogP) is 6.19. The van der Waals surface area contributed by atoms with Crippen LogP contribution in [0.25, 0.3) is 0 Å². The van der Waals surface area contributed by atoms with Crippen LogP contribution in [0, 0.1) is 0 Å². The molecule has 2 unspecified atom stereocenters. The smallest absolute Gasteiger partial charge is 0.414 e. The lowest BCUT2D eigenvalue weighted by Crippen LogP contribution is -2.51. The van der Waals surface area contributed by atoms with Crippen LogP contribution in [0.2, 0.25) is 10.0 Å². The van der Waals surface area contributed by atoms with Gasteiger partial charge >= 0.3 is 12.1 Å². The molecule has 1 saturated heterocycles. The van der Waals surface area contributed by atoms with Crippen LogP contribution in [-0.2, 0) is 27.3 Å². The largest absolute Gasteiger partial charge is 0.444 e. The zero-order chi connectivity index (χ0) is 22.7. The summed E-state index contributed by atoms with van der Waals surface area (Å²) in [4.78, 5) is 27.8. The van der Waals surface area contributed by atoms with Gasteiger partial charge in [0.05, 0.1) is 5.02 Å². The fourth-order valence-electron chi connectivity index (χ4n) is 3.78. The van der Waals surface area contributed by atoms with Crippen LogP contribution in [0.4, 0.5) is 4.79 Å². The molecule has 5 nitrogen and oxygen atoms in total. The zero-order valence-electron chi connectivity index (χ0n) is 17.3. The van der Waals surface area contributed by atoms with Crippen molar-refractivity contribution in [3.05, 3.63) is 106 Å². The van der Waals surface area contributed by atoms with Crippen LogP contribution in [0.5, 0.6) is 0 Å². The molecule has 1 aliphatic heterocycles. The molecule has 0 aliphatic carbocycles. The molecule has 32 heavy (non-hydrogen) atoms. The minimum absolute atomic E-state index is 0.0624. The summed E-state index contributed by atoms with van der Waals surface area (Å²) in [5.74, 6) is -0.533. The van der Waals surface area contributed by atoms with Gasteiger partial charge in [0.15, 0.2) is 0 Å². The van der Waals surface area contributed by atoms with Gasteiger partial charge in [0.25, 0.3) is 0 Å². The van der Waals surface area contributed by atoms with E-state index in [-0.39, 0.29) is 13.0 Å². The van der Waals surface area contributed by atoms with Gasteiger partial charge in [-0.3, -0.25) is 4.90 Å². The highest BCUT2D eigenvalue weighted by molar-refractivity contribution is 6.35. The Labute approximate surface area is 196 Å². The van der Waals surface area contributed by atoms with Gasteiger partial charge in [-0.05, 0) is 30.2 Å². The van der Waals surface area contributed by atoms with E-state index in [4.69, 9.17) is 32.7 Å². The van der Waals surface area contributed by atoms with Gasteiger partial charge in [-0.2, -0.15) is 0 Å². The van der Waals surface area contributed by atoms with E-state index in [9.17, 15) is 9.59 Å². The second-order valence-electron chi connectivity index (χ2n) is 7.77. The van der Waals surface area contributed by atoms with E-state index in [0.29, 0.717) is 15.6 Å². The summed E-state index contributed by atoms with van der Waals surface area (Å²) in [7, 11) is 0. The lowest BCUT2D eigenvalue weighted by Gasteiger charge is -2.33. The van der Waals surface area contributed by atoms with E-state index < -0.39 is 23.8 Å². The van der Waals surface area contributed by atoms with Crippen LogP contribution in [0.1, 0.15) is 29.8 Å². The van der Waals surface area contributed by atoms with Crippen molar-refractivity contribution in [1.82, 2.24) is 4.90 Å². The van der Waals surface area contributed by atoms with Crippen LogP contribution >= 0.6 is 23.2 Å². The highest BCUT2D eigenvalue weighted by Gasteiger charge is 2.56. The fourth-order valence-corrected chi connectivity index (χ4v) is 4.28. The second kappa shape index (κ2) is 9.23. The molecular formula is C25H21Cl2NO4. The molecule has 4 rings (SSSR count). The maximum Gasteiger partial charge on any atom is 0.414 e. The molecule has 0 radical (unpaired) electrons. The van der Waals surface area contributed by atoms with Crippen molar-refractivity contribution in [3.63, 3.8) is 0 Å². The Morgan fingerprint density at radius 2 is 1.62 bits per heavy atom. The van der Waals surface area contributed by atoms with Gasteiger partial charge in [-0.1, -0.05) is 89.9 Å². The number of hydrogen-bond donors (Lipinski definition) is 0. The number of nitrogens with zero attached hydrogens (tertiary/aromatic N) is 1. The first-order valence-electron chi connectivity index (χ1n) is 10.1. The molecule has 164 valence electrons. The maximum absolute atomic E-state index is 13.3. The molecule has 1 amide bonds. The zero-order valence-corrected chi connectivity index (χ0v) is 18.8. The Kier molecular flexibility index (Phi) is 6.40. The summed E-state index contributed by atoms with van der Waals surface area (Å²) in [5, 5.41) is 0.730. The average molecular weight is 470 g/mol. The number of carbonyl (C=O) groups is 2. The first-order chi connectivity index (χ1) is 15.4. The van der Waals surface area contributed by atoms with E-state index >= 15 is 0 Å². The molecule has 0 bridgehead atoms. The van der Waals surface area contributed by atoms with E-state index in [1.54, 1.807) is 25.1 Å². The Bertz CT molecular complexity index is 1120. The summed E-state index contributed by atoms with van der Waals surface area (Å²) in [6, 6.07) is 23.6. The van der Waals surface area contributed by atoms with Crippen molar-refractivity contribution in [1.29, 1.82) is 0 Å². The molecule has 0 aromatic heterocycles. The first-order valence-corrected chi connectivity index (χ1v) is 10.8. The average Bonchev–Trinajstić information content (AvgIpc) is 3.03. The number of carbonyl (C=O) groups excluding carboxylic acids is 2.